The first kappa shape index (κ1) is 7.56. The summed E-state index contributed by atoms with van der Waals surface area (Å²) >= 11 is 0. The van der Waals surface area contributed by atoms with Gasteiger partial charge >= 0.3 is 0 Å². The van der Waals surface area contributed by atoms with Crippen molar-refractivity contribution in [3.63, 3.8) is 0 Å². The molecule has 1 heterocycles. The maximum atomic E-state index is 8.54. The van der Waals surface area contributed by atoms with Gasteiger partial charge in [-0.15, -0.1) is 4.99 Å². The lowest BCUT2D eigenvalue weighted by molar-refractivity contribution is 0.524. The molecule has 0 N–H and O–H groups in total. The fourth-order valence-corrected chi connectivity index (χ4v) is 1.14. The van der Waals surface area contributed by atoms with Crippen LogP contribution in [0.2, 0.25) is 0 Å². The van der Waals surface area contributed by atoms with E-state index in [9.17, 15) is 0 Å². The Kier molecular flexibility index (Phi) is 2.46. The first-order valence-corrected chi connectivity index (χ1v) is 3.50. The molecule has 1 aliphatic heterocycles. The van der Waals surface area contributed by atoms with Crippen LogP contribution in [0.4, 0.5) is 0 Å². The van der Waals surface area contributed by atoms with Crippen molar-refractivity contribution in [2.45, 2.75) is 12.8 Å². The van der Waals surface area contributed by atoms with Crippen LogP contribution in [-0.4, -0.2) is 23.8 Å². The van der Waals surface area contributed by atoms with E-state index >= 15 is 0 Å². The lowest BCUT2D eigenvalue weighted by atomic mass is 10.4. The number of amidine groups is 1. The molecule has 4 heteroatoms. The molecule has 0 spiro atoms. The Balaban J connectivity index is 2.65. The van der Waals surface area contributed by atoms with E-state index in [4.69, 9.17) is 10.5 Å². The van der Waals surface area contributed by atoms with Crippen LogP contribution in [0.3, 0.4) is 0 Å². The van der Waals surface area contributed by atoms with Crippen molar-refractivity contribution in [3.8, 4) is 12.3 Å². The summed E-state index contributed by atoms with van der Waals surface area (Å²) in [5.74, 6) is 0.255. The van der Waals surface area contributed by atoms with E-state index in [0.717, 1.165) is 25.9 Å². The fourth-order valence-electron chi connectivity index (χ4n) is 1.14. The van der Waals surface area contributed by atoms with Gasteiger partial charge in [0.05, 0.1) is 0 Å². The molecule has 0 atom stereocenters. The van der Waals surface area contributed by atoms with Gasteiger partial charge in [-0.05, 0) is 12.8 Å². The third-order valence-electron chi connectivity index (χ3n) is 1.66. The number of rotatable bonds is 0. The van der Waals surface area contributed by atoms with Gasteiger partial charge in [-0.2, -0.15) is 10.5 Å². The highest BCUT2D eigenvalue weighted by Crippen LogP contribution is 2.07. The smallest absolute Gasteiger partial charge is 0.219 e. The zero-order chi connectivity index (χ0) is 8.10. The van der Waals surface area contributed by atoms with Crippen molar-refractivity contribution in [2.24, 2.45) is 4.99 Å². The minimum absolute atomic E-state index is 0.255. The molecule has 1 rings (SSSR count). The summed E-state index contributed by atoms with van der Waals surface area (Å²) in [6.07, 6.45) is 3.80. The minimum atomic E-state index is 0.255. The number of nitriles is 2. The van der Waals surface area contributed by atoms with Gasteiger partial charge in [0.25, 0.3) is 0 Å². The Bertz CT molecular complexity index is 236. The Morgan fingerprint density at radius 3 is 2.36 bits per heavy atom. The van der Waals surface area contributed by atoms with Crippen molar-refractivity contribution in [1.29, 1.82) is 10.5 Å². The highest BCUT2D eigenvalue weighted by atomic mass is 15.2. The monoisotopic (exact) mass is 148 g/mol. The van der Waals surface area contributed by atoms with Crippen LogP contribution in [0.25, 0.3) is 0 Å². The molecule has 0 aromatic heterocycles. The van der Waals surface area contributed by atoms with Crippen molar-refractivity contribution < 1.29 is 0 Å². The predicted octanol–water partition coefficient (Wildman–Crippen LogP) is 0.485. The fraction of sp³-hybridized carbons (Fsp3) is 0.571. The lowest BCUT2D eigenvalue weighted by Gasteiger charge is -2.11. The van der Waals surface area contributed by atoms with Gasteiger partial charge in [0.2, 0.25) is 12.0 Å². The van der Waals surface area contributed by atoms with E-state index in [1.807, 2.05) is 11.0 Å². The summed E-state index contributed by atoms with van der Waals surface area (Å²) in [5.41, 5.74) is 0. The maximum Gasteiger partial charge on any atom is 0.219 e. The van der Waals surface area contributed by atoms with E-state index in [0.29, 0.717) is 0 Å². The molecule has 0 unspecified atom stereocenters. The van der Waals surface area contributed by atoms with Crippen LogP contribution in [0, 0.1) is 22.8 Å². The molecule has 4 nitrogen and oxygen atoms in total. The average molecular weight is 148 g/mol. The van der Waals surface area contributed by atoms with Gasteiger partial charge in [0.1, 0.15) is 6.07 Å². The van der Waals surface area contributed by atoms with E-state index < -0.39 is 0 Å². The standard InChI is InChI=1S/C7H8N4/c8-5-7(10-6-9)11-3-1-2-4-11/h1-4H2. The molecular weight excluding hydrogens is 140 g/mol. The topological polar surface area (TPSA) is 63.2 Å². The van der Waals surface area contributed by atoms with Crippen LogP contribution >= 0.6 is 0 Å². The normalized spacial score (nSPS) is 17.6. The SMILES string of the molecule is N#CN=C(C#N)N1CCCC1. The predicted molar refractivity (Wildman–Crippen MR) is 39.5 cm³/mol. The zero-order valence-corrected chi connectivity index (χ0v) is 6.12. The van der Waals surface area contributed by atoms with Gasteiger partial charge in [-0.1, -0.05) is 0 Å². The third kappa shape index (κ3) is 1.68. The largest absolute Gasteiger partial charge is 0.347 e. The number of likely N-dealkylation sites (tertiary alicyclic amines) is 1. The molecule has 0 aromatic rings. The first-order valence-electron chi connectivity index (χ1n) is 3.50. The molecule has 56 valence electrons. The second-order valence-electron chi connectivity index (χ2n) is 2.34. The van der Waals surface area contributed by atoms with Crippen LogP contribution < -0.4 is 0 Å². The minimum Gasteiger partial charge on any atom is -0.347 e. The first-order chi connectivity index (χ1) is 5.38. The van der Waals surface area contributed by atoms with Crippen LogP contribution in [-0.2, 0) is 0 Å². The highest BCUT2D eigenvalue weighted by molar-refractivity contribution is 5.97. The summed E-state index contributed by atoms with van der Waals surface area (Å²) in [4.78, 5) is 5.25. The summed E-state index contributed by atoms with van der Waals surface area (Å²) in [5, 5.41) is 16.8. The Hall–Kier alpha value is -1.55. The summed E-state index contributed by atoms with van der Waals surface area (Å²) in [6.45, 7) is 1.71. The van der Waals surface area contributed by atoms with Gasteiger partial charge in [0, 0.05) is 13.1 Å². The molecule has 0 bridgehead atoms. The van der Waals surface area contributed by atoms with Crippen molar-refractivity contribution in [1.82, 2.24) is 4.90 Å². The van der Waals surface area contributed by atoms with Crippen molar-refractivity contribution in [3.05, 3.63) is 0 Å². The second kappa shape index (κ2) is 3.58. The van der Waals surface area contributed by atoms with E-state index in [2.05, 4.69) is 4.99 Å². The van der Waals surface area contributed by atoms with Gasteiger partial charge in [-0.3, -0.25) is 0 Å². The quantitative estimate of drug-likeness (QED) is 0.285. The van der Waals surface area contributed by atoms with Crippen molar-refractivity contribution >= 4 is 5.84 Å². The maximum absolute atomic E-state index is 8.54. The van der Waals surface area contributed by atoms with E-state index in [1.54, 1.807) is 6.19 Å². The van der Waals surface area contributed by atoms with Crippen molar-refractivity contribution in [2.75, 3.05) is 13.1 Å². The summed E-state index contributed by atoms with van der Waals surface area (Å²) in [6, 6.07) is 1.90. The molecule has 0 aromatic carbocycles. The molecule has 0 radical (unpaired) electrons. The van der Waals surface area contributed by atoms with Gasteiger partial charge in [0.15, 0.2) is 0 Å². The molecule has 0 amide bonds. The Morgan fingerprint density at radius 2 is 1.91 bits per heavy atom. The number of aliphatic imine (C=N–C) groups is 1. The van der Waals surface area contributed by atoms with Crippen LogP contribution in [0.5, 0.6) is 0 Å². The Labute approximate surface area is 65.4 Å². The summed E-state index contributed by atoms with van der Waals surface area (Å²) in [7, 11) is 0. The zero-order valence-electron chi connectivity index (χ0n) is 6.12. The average Bonchev–Trinajstić information content (AvgIpc) is 2.52. The lowest BCUT2D eigenvalue weighted by Crippen LogP contribution is -2.26. The number of hydrogen-bond acceptors (Lipinski definition) is 3. The molecule has 1 fully saturated rings. The molecule has 1 saturated heterocycles. The Morgan fingerprint density at radius 1 is 1.27 bits per heavy atom. The molecule has 1 aliphatic rings. The number of nitrogens with zero attached hydrogens (tertiary/aromatic N) is 4. The molecule has 11 heavy (non-hydrogen) atoms. The molecule has 0 saturated carbocycles. The third-order valence-corrected chi connectivity index (χ3v) is 1.66. The van der Waals surface area contributed by atoms with E-state index in [1.165, 1.54) is 0 Å². The second-order valence-corrected chi connectivity index (χ2v) is 2.34. The number of hydrogen-bond donors (Lipinski definition) is 0. The highest BCUT2D eigenvalue weighted by Gasteiger charge is 2.15. The van der Waals surface area contributed by atoms with Crippen LogP contribution in [0.15, 0.2) is 4.99 Å². The molecule has 0 aliphatic carbocycles. The van der Waals surface area contributed by atoms with Gasteiger partial charge < -0.3 is 4.90 Å². The van der Waals surface area contributed by atoms with Gasteiger partial charge in [-0.25, -0.2) is 0 Å². The summed E-state index contributed by atoms with van der Waals surface area (Å²) < 4.78 is 0. The van der Waals surface area contributed by atoms with E-state index in [-0.39, 0.29) is 5.84 Å². The molecular formula is C7H8N4. The van der Waals surface area contributed by atoms with Crippen LogP contribution in [0.1, 0.15) is 12.8 Å².